The van der Waals surface area contributed by atoms with Crippen LogP contribution in [-0.4, -0.2) is 25.8 Å². The number of halogens is 2. The van der Waals surface area contributed by atoms with Crippen LogP contribution < -0.4 is 0 Å². The number of benzene rings is 1. The number of aromatic carboxylic acids is 1. The van der Waals surface area contributed by atoms with E-state index in [4.69, 9.17) is 5.11 Å². The lowest BCUT2D eigenvalue weighted by Gasteiger charge is -2.07. The summed E-state index contributed by atoms with van der Waals surface area (Å²) in [5, 5.41) is 23.9. The number of carbonyl (C=O) groups is 1. The third kappa shape index (κ3) is 2.16. The van der Waals surface area contributed by atoms with E-state index < -0.39 is 22.4 Å². The number of nitro benzene ring substituents is 1. The van der Waals surface area contributed by atoms with Crippen molar-refractivity contribution >= 4 is 27.6 Å². The van der Waals surface area contributed by atoms with Gasteiger partial charge in [0.05, 0.1) is 15.6 Å². The molecule has 9 heteroatoms. The first-order chi connectivity index (χ1) is 9.34. The van der Waals surface area contributed by atoms with Gasteiger partial charge >= 0.3 is 11.7 Å². The summed E-state index contributed by atoms with van der Waals surface area (Å²) in [6, 6.07) is 2.48. The highest BCUT2D eigenvalue weighted by atomic mass is 79.9. The Balaban J connectivity index is 2.81. The van der Waals surface area contributed by atoms with Crippen molar-refractivity contribution in [3.05, 3.63) is 50.0 Å². The molecule has 0 aliphatic rings. The second-order valence-corrected chi connectivity index (χ2v) is 4.73. The van der Waals surface area contributed by atoms with Gasteiger partial charge in [-0.2, -0.15) is 9.49 Å². The van der Waals surface area contributed by atoms with E-state index in [9.17, 15) is 19.3 Å². The maximum atomic E-state index is 13.9. The zero-order valence-corrected chi connectivity index (χ0v) is 11.6. The molecule has 1 aromatic carbocycles. The lowest BCUT2D eigenvalue weighted by molar-refractivity contribution is -0.387. The van der Waals surface area contributed by atoms with Crippen molar-refractivity contribution in [1.82, 2.24) is 9.78 Å². The number of carboxylic acids is 1. The van der Waals surface area contributed by atoms with E-state index in [1.807, 2.05) is 0 Å². The number of aromatic nitrogens is 2. The summed E-state index contributed by atoms with van der Waals surface area (Å²) in [6.45, 7) is 1.49. The van der Waals surface area contributed by atoms with Crippen molar-refractivity contribution < 1.29 is 19.2 Å². The average Bonchev–Trinajstić information content (AvgIpc) is 2.73. The fourth-order valence-electron chi connectivity index (χ4n) is 1.75. The van der Waals surface area contributed by atoms with Gasteiger partial charge in [0.25, 0.3) is 0 Å². The molecule has 7 nitrogen and oxygen atoms in total. The van der Waals surface area contributed by atoms with E-state index in [1.165, 1.54) is 25.3 Å². The highest BCUT2D eigenvalue weighted by molar-refractivity contribution is 9.10. The molecule has 0 aliphatic heterocycles. The first-order valence-corrected chi connectivity index (χ1v) is 6.04. The molecule has 0 radical (unpaired) electrons. The first-order valence-electron chi connectivity index (χ1n) is 5.25. The van der Waals surface area contributed by atoms with Crippen molar-refractivity contribution in [1.29, 1.82) is 0 Å². The van der Waals surface area contributed by atoms with Crippen molar-refractivity contribution in [2.24, 2.45) is 0 Å². The monoisotopic (exact) mass is 343 g/mol. The third-order valence-electron chi connectivity index (χ3n) is 2.61. The minimum atomic E-state index is -1.31. The highest BCUT2D eigenvalue weighted by Gasteiger charge is 2.27. The van der Waals surface area contributed by atoms with Crippen LogP contribution >= 0.6 is 15.9 Å². The zero-order valence-electron chi connectivity index (χ0n) is 10.0. The number of nitro groups is 1. The molecular weight excluding hydrogens is 337 g/mol. The summed E-state index contributed by atoms with van der Waals surface area (Å²) in [5.74, 6) is -2.39. The second kappa shape index (κ2) is 5.00. The Morgan fingerprint density at radius 1 is 1.55 bits per heavy atom. The quantitative estimate of drug-likeness (QED) is 0.682. The summed E-state index contributed by atoms with van der Waals surface area (Å²) < 4.78 is 14.6. The molecule has 0 aliphatic carbocycles. The van der Waals surface area contributed by atoms with E-state index in [0.29, 0.717) is 5.56 Å². The SMILES string of the molecule is Cc1cnn(-c2ccc(Br)c(F)c2[N+](=O)[O-])c1C(=O)O. The molecule has 0 spiro atoms. The van der Waals surface area contributed by atoms with Gasteiger partial charge in [-0.15, -0.1) is 0 Å². The second-order valence-electron chi connectivity index (χ2n) is 3.88. The van der Waals surface area contributed by atoms with Crippen molar-refractivity contribution in [3.8, 4) is 5.69 Å². The molecule has 104 valence electrons. The summed E-state index contributed by atoms with van der Waals surface area (Å²) in [7, 11) is 0. The molecule has 0 saturated carbocycles. The number of carboxylic acid groups (broad SMARTS) is 1. The molecule has 1 aromatic heterocycles. The molecule has 0 atom stereocenters. The minimum absolute atomic E-state index is 0.0892. The molecule has 0 saturated heterocycles. The average molecular weight is 344 g/mol. The van der Waals surface area contributed by atoms with E-state index in [2.05, 4.69) is 21.0 Å². The number of hydrogen-bond acceptors (Lipinski definition) is 4. The molecule has 2 aromatic rings. The van der Waals surface area contributed by atoms with Gasteiger partial charge in [0.2, 0.25) is 5.82 Å². The predicted octanol–water partition coefficient (Wildman–Crippen LogP) is 2.69. The van der Waals surface area contributed by atoms with Gasteiger partial charge in [-0.05, 0) is 35.0 Å². The van der Waals surface area contributed by atoms with Crippen LogP contribution in [0.1, 0.15) is 16.1 Å². The van der Waals surface area contributed by atoms with Gasteiger partial charge < -0.3 is 5.11 Å². The number of aryl methyl sites for hydroxylation is 1. The van der Waals surface area contributed by atoms with Gasteiger partial charge in [-0.1, -0.05) is 0 Å². The summed E-state index contributed by atoms with van der Waals surface area (Å²) in [4.78, 5) is 21.3. The van der Waals surface area contributed by atoms with E-state index in [1.54, 1.807) is 0 Å². The van der Waals surface area contributed by atoms with Gasteiger partial charge in [-0.25, -0.2) is 9.48 Å². The van der Waals surface area contributed by atoms with E-state index >= 15 is 0 Å². The van der Waals surface area contributed by atoms with Gasteiger partial charge in [-0.3, -0.25) is 10.1 Å². The Labute approximate surface area is 119 Å². The largest absolute Gasteiger partial charge is 0.477 e. The molecule has 0 amide bonds. The summed E-state index contributed by atoms with van der Waals surface area (Å²) in [6.07, 6.45) is 1.24. The Hall–Kier alpha value is -2.29. The van der Waals surface area contributed by atoms with Gasteiger partial charge in [0, 0.05) is 5.56 Å². The predicted molar refractivity (Wildman–Crippen MR) is 69.6 cm³/mol. The molecule has 20 heavy (non-hydrogen) atoms. The first kappa shape index (κ1) is 14.1. The Morgan fingerprint density at radius 2 is 2.20 bits per heavy atom. The Kier molecular flexibility index (Phi) is 3.53. The van der Waals surface area contributed by atoms with Gasteiger partial charge in [0.1, 0.15) is 5.69 Å². The topological polar surface area (TPSA) is 98.3 Å². The zero-order chi connectivity index (χ0) is 15.0. The van der Waals surface area contributed by atoms with Crippen LogP contribution in [0.3, 0.4) is 0 Å². The van der Waals surface area contributed by atoms with Crippen LogP contribution in [0.4, 0.5) is 10.1 Å². The Bertz CT molecular complexity index is 729. The minimum Gasteiger partial charge on any atom is -0.477 e. The molecule has 0 unspecified atom stereocenters. The van der Waals surface area contributed by atoms with Crippen LogP contribution in [-0.2, 0) is 0 Å². The lowest BCUT2D eigenvalue weighted by Crippen LogP contribution is -2.12. The standard InChI is InChI=1S/C11H7BrFN3O4/c1-5-4-14-15(9(5)11(17)18)7-3-2-6(12)8(13)10(7)16(19)20/h2-4H,1H3,(H,17,18). The van der Waals surface area contributed by atoms with Crippen LogP contribution in [0.15, 0.2) is 22.8 Å². The van der Waals surface area contributed by atoms with Crippen LogP contribution in [0, 0.1) is 22.9 Å². The molecule has 2 rings (SSSR count). The molecule has 1 heterocycles. The maximum absolute atomic E-state index is 13.9. The fourth-order valence-corrected chi connectivity index (χ4v) is 2.07. The number of hydrogen-bond donors (Lipinski definition) is 1. The van der Waals surface area contributed by atoms with Crippen LogP contribution in [0.5, 0.6) is 0 Å². The van der Waals surface area contributed by atoms with Crippen molar-refractivity contribution in [2.75, 3.05) is 0 Å². The maximum Gasteiger partial charge on any atom is 0.354 e. The van der Waals surface area contributed by atoms with E-state index in [-0.39, 0.29) is 15.9 Å². The molecular formula is C11H7BrFN3O4. The fraction of sp³-hybridized carbons (Fsp3) is 0.0909. The molecule has 0 fully saturated rings. The van der Waals surface area contributed by atoms with Crippen LogP contribution in [0.25, 0.3) is 5.69 Å². The summed E-state index contributed by atoms with van der Waals surface area (Å²) >= 11 is 2.85. The van der Waals surface area contributed by atoms with E-state index in [0.717, 1.165) is 4.68 Å². The smallest absolute Gasteiger partial charge is 0.354 e. The van der Waals surface area contributed by atoms with Crippen LogP contribution in [0.2, 0.25) is 0 Å². The highest BCUT2D eigenvalue weighted by Crippen LogP contribution is 2.32. The van der Waals surface area contributed by atoms with Crippen molar-refractivity contribution in [2.45, 2.75) is 6.92 Å². The van der Waals surface area contributed by atoms with Crippen molar-refractivity contribution in [3.63, 3.8) is 0 Å². The summed E-state index contributed by atoms with van der Waals surface area (Å²) in [5.41, 5.74) is -1.03. The van der Waals surface area contributed by atoms with Gasteiger partial charge in [0.15, 0.2) is 5.69 Å². The lowest BCUT2D eigenvalue weighted by atomic mass is 10.2. The Morgan fingerprint density at radius 3 is 2.75 bits per heavy atom. The normalized spacial score (nSPS) is 10.6. The third-order valence-corrected chi connectivity index (χ3v) is 3.23. The number of rotatable bonds is 3. The molecule has 1 N–H and O–H groups in total. The molecule has 0 bridgehead atoms. The number of nitrogens with zero attached hydrogens (tertiary/aromatic N) is 3.